The summed E-state index contributed by atoms with van der Waals surface area (Å²) in [7, 11) is 4.46. The molecule has 7 heteroatoms. The predicted molar refractivity (Wildman–Crippen MR) is 103 cm³/mol. The van der Waals surface area contributed by atoms with E-state index in [2.05, 4.69) is 31.9 Å². The molecular formula is C18H14Br2O5. The van der Waals surface area contributed by atoms with Gasteiger partial charge in [0.25, 0.3) is 0 Å². The molecule has 2 aromatic carbocycles. The lowest BCUT2D eigenvalue weighted by Crippen LogP contribution is -2.07. The summed E-state index contributed by atoms with van der Waals surface area (Å²) in [6.07, 6.45) is 0. The molecule has 0 amide bonds. The van der Waals surface area contributed by atoms with E-state index in [-0.39, 0.29) is 16.6 Å². The Bertz CT molecular complexity index is 993. The molecule has 0 saturated carbocycles. The van der Waals surface area contributed by atoms with E-state index in [9.17, 15) is 4.79 Å². The molecule has 0 atom stereocenters. The number of fused-ring (bicyclic) bond motifs is 1. The zero-order valence-electron chi connectivity index (χ0n) is 13.7. The van der Waals surface area contributed by atoms with Crippen molar-refractivity contribution in [1.29, 1.82) is 0 Å². The van der Waals surface area contributed by atoms with Gasteiger partial charge in [-0.15, -0.1) is 0 Å². The van der Waals surface area contributed by atoms with Gasteiger partial charge in [0.2, 0.25) is 11.2 Å². The van der Waals surface area contributed by atoms with E-state index in [1.54, 1.807) is 6.07 Å². The topological polar surface area (TPSA) is 57.9 Å². The molecule has 1 aromatic heterocycles. The van der Waals surface area contributed by atoms with Crippen LogP contribution >= 0.6 is 31.9 Å². The zero-order chi connectivity index (χ0) is 18.1. The fraction of sp³-hybridized carbons (Fsp3) is 0.167. The van der Waals surface area contributed by atoms with Gasteiger partial charge in [-0.1, -0.05) is 28.1 Å². The summed E-state index contributed by atoms with van der Waals surface area (Å²) in [6, 6.07) is 9.09. The smallest absolute Gasteiger partial charge is 0.211 e. The Kier molecular flexibility index (Phi) is 5.06. The second kappa shape index (κ2) is 7.09. The number of benzene rings is 2. The van der Waals surface area contributed by atoms with Gasteiger partial charge < -0.3 is 18.6 Å². The normalized spacial score (nSPS) is 10.8. The van der Waals surface area contributed by atoms with Gasteiger partial charge in [0, 0.05) is 16.1 Å². The van der Waals surface area contributed by atoms with E-state index in [1.807, 2.05) is 24.3 Å². The van der Waals surface area contributed by atoms with E-state index in [1.165, 1.54) is 21.3 Å². The predicted octanol–water partition coefficient (Wildman–Crippen LogP) is 5.01. The number of hydrogen-bond acceptors (Lipinski definition) is 5. The lowest BCUT2D eigenvalue weighted by Gasteiger charge is -2.15. The molecule has 0 radical (unpaired) electrons. The molecule has 5 nitrogen and oxygen atoms in total. The van der Waals surface area contributed by atoms with Crippen molar-refractivity contribution in [2.45, 2.75) is 0 Å². The minimum atomic E-state index is -0.253. The van der Waals surface area contributed by atoms with Crippen LogP contribution in [0, 0.1) is 0 Å². The maximum absolute atomic E-state index is 12.9. The summed E-state index contributed by atoms with van der Waals surface area (Å²) in [5, 5.41) is 0.285. The third-order valence-electron chi connectivity index (χ3n) is 3.74. The van der Waals surface area contributed by atoms with Crippen LogP contribution in [0.1, 0.15) is 0 Å². The lowest BCUT2D eigenvalue weighted by molar-refractivity contribution is 0.326. The van der Waals surface area contributed by atoms with Gasteiger partial charge in [0.05, 0.1) is 21.3 Å². The Morgan fingerprint density at radius 3 is 2.12 bits per heavy atom. The molecule has 0 aliphatic rings. The maximum Gasteiger partial charge on any atom is 0.211 e. The molecule has 0 unspecified atom stereocenters. The van der Waals surface area contributed by atoms with E-state index in [4.69, 9.17) is 18.6 Å². The fourth-order valence-corrected chi connectivity index (χ4v) is 3.36. The standard InChI is InChI=1S/C18H14Br2O5/c1-22-12-8-11-13(18(24-3)17(12)23-2)15(21)14(20)16(25-11)9-4-6-10(19)7-5-9/h4-8H,1-3H3. The van der Waals surface area contributed by atoms with Crippen molar-refractivity contribution in [3.8, 4) is 28.6 Å². The average Bonchev–Trinajstić information content (AvgIpc) is 2.63. The van der Waals surface area contributed by atoms with Crippen molar-refractivity contribution in [1.82, 2.24) is 0 Å². The van der Waals surface area contributed by atoms with Gasteiger partial charge in [0.1, 0.15) is 15.4 Å². The van der Waals surface area contributed by atoms with Gasteiger partial charge >= 0.3 is 0 Å². The molecule has 0 N–H and O–H groups in total. The van der Waals surface area contributed by atoms with Crippen LogP contribution in [0.25, 0.3) is 22.3 Å². The highest BCUT2D eigenvalue weighted by Crippen LogP contribution is 2.43. The van der Waals surface area contributed by atoms with E-state index < -0.39 is 0 Å². The molecule has 0 aliphatic heterocycles. The van der Waals surface area contributed by atoms with Crippen molar-refractivity contribution < 1.29 is 18.6 Å². The van der Waals surface area contributed by atoms with Gasteiger partial charge in [0.15, 0.2) is 17.3 Å². The van der Waals surface area contributed by atoms with Crippen LogP contribution in [-0.2, 0) is 0 Å². The number of ether oxygens (including phenoxy) is 3. The maximum atomic E-state index is 12.9. The van der Waals surface area contributed by atoms with E-state index in [0.717, 1.165) is 10.0 Å². The first-order valence-corrected chi connectivity index (χ1v) is 8.81. The Morgan fingerprint density at radius 2 is 1.56 bits per heavy atom. The third kappa shape index (κ3) is 3.02. The quantitative estimate of drug-likeness (QED) is 0.537. The molecule has 3 aromatic rings. The molecule has 1 heterocycles. The third-order valence-corrected chi connectivity index (χ3v) is 4.99. The summed E-state index contributed by atoms with van der Waals surface area (Å²) in [4.78, 5) is 12.9. The highest BCUT2D eigenvalue weighted by molar-refractivity contribution is 9.10. The minimum absolute atomic E-state index is 0.253. The van der Waals surface area contributed by atoms with Crippen LogP contribution < -0.4 is 19.6 Å². The monoisotopic (exact) mass is 468 g/mol. The first-order valence-electron chi connectivity index (χ1n) is 7.23. The number of halogens is 2. The van der Waals surface area contributed by atoms with Crippen LogP contribution in [0.15, 0.2) is 48.5 Å². The van der Waals surface area contributed by atoms with Crippen LogP contribution in [-0.4, -0.2) is 21.3 Å². The Labute approximate surface area is 160 Å². The Morgan fingerprint density at radius 1 is 0.920 bits per heavy atom. The van der Waals surface area contributed by atoms with Gasteiger partial charge in [-0.2, -0.15) is 0 Å². The summed E-state index contributed by atoms with van der Waals surface area (Å²) >= 11 is 6.75. The highest BCUT2D eigenvalue weighted by atomic mass is 79.9. The van der Waals surface area contributed by atoms with Crippen molar-refractivity contribution in [2.24, 2.45) is 0 Å². The molecule has 0 spiro atoms. The van der Waals surface area contributed by atoms with Crippen LogP contribution in [0.4, 0.5) is 0 Å². The summed E-state index contributed by atoms with van der Waals surface area (Å²) in [5.74, 6) is 1.46. The number of hydrogen-bond donors (Lipinski definition) is 0. The van der Waals surface area contributed by atoms with E-state index >= 15 is 0 Å². The first-order chi connectivity index (χ1) is 12.0. The molecule has 0 bridgehead atoms. The van der Waals surface area contributed by atoms with E-state index in [0.29, 0.717) is 27.3 Å². The fourth-order valence-electron chi connectivity index (χ4n) is 2.58. The first kappa shape index (κ1) is 17.8. The molecule has 3 rings (SSSR count). The van der Waals surface area contributed by atoms with Gasteiger partial charge in [-0.05, 0) is 28.1 Å². The zero-order valence-corrected chi connectivity index (χ0v) is 16.9. The Balaban J connectivity index is 2.40. The number of rotatable bonds is 4. The number of methoxy groups -OCH3 is 3. The molecule has 0 aliphatic carbocycles. The largest absolute Gasteiger partial charge is 0.493 e. The minimum Gasteiger partial charge on any atom is -0.493 e. The van der Waals surface area contributed by atoms with Crippen LogP contribution in [0.3, 0.4) is 0 Å². The molecule has 130 valence electrons. The van der Waals surface area contributed by atoms with Gasteiger partial charge in [-0.3, -0.25) is 4.79 Å². The van der Waals surface area contributed by atoms with Crippen LogP contribution in [0.5, 0.6) is 17.2 Å². The van der Waals surface area contributed by atoms with Gasteiger partial charge in [-0.25, -0.2) is 0 Å². The summed E-state index contributed by atoms with van der Waals surface area (Å²) < 4.78 is 23.3. The highest BCUT2D eigenvalue weighted by Gasteiger charge is 2.23. The summed E-state index contributed by atoms with van der Waals surface area (Å²) in [6.45, 7) is 0. The van der Waals surface area contributed by atoms with Crippen molar-refractivity contribution in [2.75, 3.05) is 21.3 Å². The van der Waals surface area contributed by atoms with Crippen molar-refractivity contribution in [3.05, 3.63) is 49.5 Å². The second-order valence-electron chi connectivity index (χ2n) is 5.10. The lowest BCUT2D eigenvalue weighted by atomic mass is 10.1. The molecular weight excluding hydrogens is 456 g/mol. The average molecular weight is 470 g/mol. The Hall–Kier alpha value is -1.99. The van der Waals surface area contributed by atoms with Crippen molar-refractivity contribution in [3.63, 3.8) is 0 Å². The van der Waals surface area contributed by atoms with Crippen molar-refractivity contribution >= 4 is 42.8 Å². The SMILES string of the molecule is COc1cc2oc(-c3ccc(Br)cc3)c(Br)c(=O)c2c(OC)c1OC. The molecule has 25 heavy (non-hydrogen) atoms. The second-order valence-corrected chi connectivity index (χ2v) is 6.81. The molecule has 0 saturated heterocycles. The molecule has 0 fully saturated rings. The summed E-state index contributed by atoms with van der Waals surface area (Å²) in [5.41, 5.74) is 0.861. The van der Waals surface area contributed by atoms with Crippen LogP contribution in [0.2, 0.25) is 0 Å².